The van der Waals surface area contributed by atoms with Gasteiger partial charge >= 0.3 is 0 Å². The predicted molar refractivity (Wildman–Crippen MR) is 85.8 cm³/mol. The molecule has 0 radical (unpaired) electrons. The molecule has 0 saturated heterocycles. The predicted octanol–water partition coefficient (Wildman–Crippen LogP) is 3.03. The third-order valence-electron chi connectivity index (χ3n) is 3.03. The number of aromatic nitrogens is 4. The van der Waals surface area contributed by atoms with Gasteiger partial charge in [-0.3, -0.25) is 0 Å². The van der Waals surface area contributed by atoms with Crippen molar-refractivity contribution < 1.29 is 0 Å². The van der Waals surface area contributed by atoms with Crippen LogP contribution in [0.2, 0.25) is 0 Å². The van der Waals surface area contributed by atoms with E-state index in [1.807, 2.05) is 30.8 Å². The van der Waals surface area contributed by atoms with Crippen LogP contribution in [0.5, 0.6) is 0 Å². The third-order valence-corrected chi connectivity index (χ3v) is 4.14. The molecule has 108 valence electrons. The van der Waals surface area contributed by atoms with Crippen LogP contribution in [0, 0.1) is 6.92 Å². The summed E-state index contributed by atoms with van der Waals surface area (Å²) in [6.07, 6.45) is 1.52. The van der Waals surface area contributed by atoms with Crippen LogP contribution < -0.4 is 5.32 Å². The van der Waals surface area contributed by atoms with Crippen LogP contribution in [0.1, 0.15) is 12.6 Å². The van der Waals surface area contributed by atoms with E-state index in [1.54, 1.807) is 4.52 Å². The molecule has 0 fully saturated rings. The van der Waals surface area contributed by atoms with Crippen molar-refractivity contribution >= 4 is 23.4 Å². The molecular weight excluding hydrogens is 282 g/mol. The molecule has 0 bridgehead atoms. The second kappa shape index (κ2) is 6.13. The second-order valence-corrected chi connectivity index (χ2v) is 6.39. The molecule has 0 aliphatic rings. The summed E-state index contributed by atoms with van der Waals surface area (Å²) in [6, 6.07) is 12.4. The Morgan fingerprint density at radius 1 is 1.29 bits per heavy atom. The van der Waals surface area contributed by atoms with E-state index in [0.717, 1.165) is 18.1 Å². The van der Waals surface area contributed by atoms with Gasteiger partial charge in [0.2, 0.25) is 0 Å². The lowest BCUT2D eigenvalue weighted by molar-refractivity contribution is 0.902. The Hall–Kier alpha value is -2.08. The van der Waals surface area contributed by atoms with Crippen LogP contribution in [-0.2, 0) is 0 Å². The van der Waals surface area contributed by atoms with E-state index < -0.39 is 0 Å². The van der Waals surface area contributed by atoms with E-state index in [9.17, 15) is 0 Å². The number of rotatable bonds is 5. The van der Waals surface area contributed by atoms with E-state index in [2.05, 4.69) is 51.6 Å². The average Bonchev–Trinajstić information content (AvgIpc) is 2.94. The molecule has 3 aromatic rings. The lowest BCUT2D eigenvalue weighted by Gasteiger charge is -2.14. The highest BCUT2D eigenvalue weighted by atomic mass is 32.2. The van der Waals surface area contributed by atoms with Gasteiger partial charge in [-0.1, -0.05) is 25.1 Å². The van der Waals surface area contributed by atoms with E-state index in [4.69, 9.17) is 0 Å². The third kappa shape index (κ3) is 3.33. The fourth-order valence-electron chi connectivity index (χ4n) is 2.08. The molecule has 0 aliphatic heterocycles. The molecule has 1 aromatic carbocycles. The summed E-state index contributed by atoms with van der Waals surface area (Å²) in [5, 5.41) is 8.07. The van der Waals surface area contributed by atoms with Gasteiger partial charge in [-0.2, -0.15) is 14.6 Å². The summed E-state index contributed by atoms with van der Waals surface area (Å²) < 4.78 is 1.73. The number of benzene rings is 1. The molecule has 2 heterocycles. The van der Waals surface area contributed by atoms with Gasteiger partial charge in [0, 0.05) is 28.5 Å². The Balaban J connectivity index is 1.67. The first-order valence-corrected chi connectivity index (χ1v) is 7.73. The summed E-state index contributed by atoms with van der Waals surface area (Å²) in [6.45, 7) is 5.01. The van der Waals surface area contributed by atoms with Gasteiger partial charge in [-0.05, 0) is 19.1 Å². The molecule has 5 nitrogen and oxygen atoms in total. The number of nitrogens with one attached hydrogen (secondary N) is 1. The molecule has 6 heteroatoms. The summed E-state index contributed by atoms with van der Waals surface area (Å²) in [5.41, 5.74) is 0.932. The number of hydrogen-bond donors (Lipinski definition) is 1. The maximum atomic E-state index is 4.34. The van der Waals surface area contributed by atoms with Crippen LogP contribution in [0.15, 0.2) is 47.6 Å². The number of fused-ring (bicyclic) bond motifs is 1. The number of anilines is 1. The summed E-state index contributed by atoms with van der Waals surface area (Å²) in [7, 11) is 0. The zero-order valence-corrected chi connectivity index (χ0v) is 12.8. The SMILES string of the molecule is Cc1cc(NCC(C)Sc2ccccc2)n2ncnc2n1. The van der Waals surface area contributed by atoms with Crippen molar-refractivity contribution in [3.05, 3.63) is 48.4 Å². The van der Waals surface area contributed by atoms with Crippen molar-refractivity contribution in [2.75, 3.05) is 11.9 Å². The summed E-state index contributed by atoms with van der Waals surface area (Å²) in [4.78, 5) is 9.75. The Labute approximate surface area is 127 Å². The zero-order chi connectivity index (χ0) is 14.7. The first kappa shape index (κ1) is 13.9. The van der Waals surface area contributed by atoms with Crippen LogP contribution in [0.3, 0.4) is 0 Å². The largest absolute Gasteiger partial charge is 0.369 e. The van der Waals surface area contributed by atoms with Crippen LogP contribution in [0.25, 0.3) is 5.78 Å². The zero-order valence-electron chi connectivity index (χ0n) is 12.0. The van der Waals surface area contributed by atoms with E-state index in [0.29, 0.717) is 11.0 Å². The number of aryl methyl sites for hydroxylation is 1. The standard InChI is InChI=1S/C15H17N5S/c1-11-8-14(20-15(19-11)17-10-18-20)16-9-12(2)21-13-6-4-3-5-7-13/h3-8,10,12,16H,9H2,1-2H3. The molecule has 0 saturated carbocycles. The molecule has 1 N–H and O–H groups in total. The van der Waals surface area contributed by atoms with Gasteiger partial charge in [0.05, 0.1) is 0 Å². The van der Waals surface area contributed by atoms with Crippen molar-refractivity contribution in [3.63, 3.8) is 0 Å². The molecule has 3 rings (SSSR count). The first-order chi connectivity index (χ1) is 10.2. The minimum absolute atomic E-state index is 0.444. The minimum Gasteiger partial charge on any atom is -0.369 e. The lowest BCUT2D eigenvalue weighted by atomic mass is 10.4. The van der Waals surface area contributed by atoms with Crippen LogP contribution >= 0.6 is 11.8 Å². The molecular formula is C15H17N5S. The van der Waals surface area contributed by atoms with E-state index in [1.165, 1.54) is 11.2 Å². The van der Waals surface area contributed by atoms with E-state index in [-0.39, 0.29) is 0 Å². The average molecular weight is 299 g/mol. The number of thioether (sulfide) groups is 1. The Kier molecular flexibility index (Phi) is 4.06. The van der Waals surface area contributed by atoms with Gasteiger partial charge in [0.15, 0.2) is 0 Å². The normalized spacial score (nSPS) is 12.5. The van der Waals surface area contributed by atoms with Gasteiger partial charge in [-0.15, -0.1) is 11.8 Å². The molecule has 0 aliphatic carbocycles. The highest BCUT2D eigenvalue weighted by Crippen LogP contribution is 2.23. The highest BCUT2D eigenvalue weighted by molar-refractivity contribution is 8.00. The quantitative estimate of drug-likeness (QED) is 0.734. The Bertz CT molecular complexity index is 725. The molecule has 1 atom stereocenters. The number of hydrogen-bond acceptors (Lipinski definition) is 5. The molecule has 21 heavy (non-hydrogen) atoms. The molecule has 0 spiro atoms. The fraction of sp³-hybridized carbons (Fsp3) is 0.267. The fourth-order valence-corrected chi connectivity index (χ4v) is 3.02. The van der Waals surface area contributed by atoms with Crippen molar-refractivity contribution in [2.24, 2.45) is 0 Å². The van der Waals surface area contributed by atoms with Gasteiger partial charge < -0.3 is 5.32 Å². The van der Waals surface area contributed by atoms with Crippen LogP contribution in [0.4, 0.5) is 5.82 Å². The minimum atomic E-state index is 0.444. The first-order valence-electron chi connectivity index (χ1n) is 6.85. The van der Waals surface area contributed by atoms with Crippen molar-refractivity contribution in [1.29, 1.82) is 0 Å². The molecule has 0 amide bonds. The van der Waals surface area contributed by atoms with Crippen molar-refractivity contribution in [1.82, 2.24) is 19.6 Å². The second-order valence-electron chi connectivity index (χ2n) is 4.88. The monoisotopic (exact) mass is 299 g/mol. The van der Waals surface area contributed by atoms with Crippen molar-refractivity contribution in [3.8, 4) is 0 Å². The highest BCUT2D eigenvalue weighted by Gasteiger charge is 2.08. The van der Waals surface area contributed by atoms with Crippen molar-refractivity contribution in [2.45, 2.75) is 24.0 Å². The topological polar surface area (TPSA) is 55.1 Å². The van der Waals surface area contributed by atoms with E-state index >= 15 is 0 Å². The maximum absolute atomic E-state index is 4.34. The van der Waals surface area contributed by atoms with Gasteiger partial charge in [-0.25, -0.2) is 4.98 Å². The van der Waals surface area contributed by atoms with Gasteiger partial charge in [0.25, 0.3) is 5.78 Å². The number of nitrogens with zero attached hydrogens (tertiary/aromatic N) is 4. The maximum Gasteiger partial charge on any atom is 0.254 e. The summed E-state index contributed by atoms with van der Waals surface area (Å²) in [5.74, 6) is 1.55. The van der Waals surface area contributed by atoms with Crippen LogP contribution in [-0.4, -0.2) is 31.4 Å². The smallest absolute Gasteiger partial charge is 0.254 e. The molecule has 2 aromatic heterocycles. The lowest BCUT2D eigenvalue weighted by Crippen LogP contribution is -2.16. The summed E-state index contributed by atoms with van der Waals surface area (Å²) >= 11 is 1.85. The Morgan fingerprint density at radius 3 is 2.90 bits per heavy atom. The molecule has 1 unspecified atom stereocenters. The Morgan fingerprint density at radius 2 is 2.10 bits per heavy atom. The van der Waals surface area contributed by atoms with Gasteiger partial charge in [0.1, 0.15) is 12.1 Å².